The van der Waals surface area contributed by atoms with Crippen LogP contribution in [0.1, 0.15) is 47.5 Å². The SMILES string of the molecule is CC.CC.CCN=C(NSc1ccc(N2CCC(N)CC2)cc1)SC. The predicted octanol–water partition coefficient (Wildman–Crippen LogP) is 5.00. The second kappa shape index (κ2) is 15.4. The lowest BCUT2D eigenvalue weighted by molar-refractivity contribution is 0.501. The molecule has 0 bridgehead atoms. The average molecular weight is 385 g/mol. The Morgan fingerprint density at radius 1 is 1.16 bits per heavy atom. The number of anilines is 1. The molecule has 1 aliphatic heterocycles. The summed E-state index contributed by atoms with van der Waals surface area (Å²) in [5.74, 6) is 0. The first-order chi connectivity index (χ1) is 12.2. The zero-order valence-corrected chi connectivity index (χ0v) is 18.3. The molecule has 6 heteroatoms. The summed E-state index contributed by atoms with van der Waals surface area (Å²) >= 11 is 3.25. The number of aliphatic imine (C=N–C) groups is 1. The largest absolute Gasteiger partial charge is 0.371 e. The molecule has 0 aliphatic carbocycles. The molecule has 1 aliphatic rings. The highest BCUT2D eigenvalue weighted by Crippen LogP contribution is 2.23. The maximum atomic E-state index is 5.95. The van der Waals surface area contributed by atoms with E-state index in [0.29, 0.717) is 6.04 Å². The van der Waals surface area contributed by atoms with Crippen LogP contribution in [0.5, 0.6) is 0 Å². The molecule has 4 nitrogen and oxygen atoms in total. The first kappa shape index (κ1) is 24.1. The molecular weight excluding hydrogens is 348 g/mol. The minimum absolute atomic E-state index is 0.378. The molecule has 0 spiro atoms. The molecule has 0 radical (unpaired) electrons. The number of nitrogens with two attached hydrogens (primary N) is 1. The molecule has 0 amide bonds. The van der Waals surface area contributed by atoms with Crippen LogP contribution >= 0.6 is 23.7 Å². The Balaban J connectivity index is 0.00000134. The van der Waals surface area contributed by atoms with Gasteiger partial charge >= 0.3 is 0 Å². The Kier molecular flexibility index (Phi) is 14.9. The fourth-order valence-electron chi connectivity index (χ4n) is 2.27. The monoisotopic (exact) mass is 384 g/mol. The van der Waals surface area contributed by atoms with E-state index in [1.54, 1.807) is 23.7 Å². The molecule has 1 saturated heterocycles. The summed E-state index contributed by atoms with van der Waals surface area (Å²) < 4.78 is 3.29. The number of nitrogens with one attached hydrogen (secondary N) is 1. The lowest BCUT2D eigenvalue weighted by atomic mass is 10.1. The fraction of sp³-hybridized carbons (Fsp3) is 0.632. The smallest absolute Gasteiger partial charge is 0.166 e. The molecule has 1 aromatic carbocycles. The first-order valence-corrected chi connectivity index (χ1v) is 11.4. The third kappa shape index (κ3) is 9.42. The number of hydrogen-bond donors (Lipinski definition) is 2. The van der Waals surface area contributed by atoms with Crippen molar-refractivity contribution >= 4 is 34.6 Å². The van der Waals surface area contributed by atoms with Crippen LogP contribution in [-0.2, 0) is 0 Å². The normalized spacial score (nSPS) is 14.8. The third-order valence-electron chi connectivity index (χ3n) is 3.49. The van der Waals surface area contributed by atoms with Gasteiger partial charge < -0.3 is 15.4 Å². The average Bonchev–Trinajstić information content (AvgIpc) is 2.69. The van der Waals surface area contributed by atoms with Gasteiger partial charge in [-0.1, -0.05) is 39.5 Å². The second-order valence-corrected chi connectivity index (χ2v) is 6.68. The van der Waals surface area contributed by atoms with Crippen LogP contribution in [0, 0.1) is 0 Å². The van der Waals surface area contributed by atoms with E-state index < -0.39 is 0 Å². The highest BCUT2D eigenvalue weighted by atomic mass is 32.2. The molecule has 3 N–H and O–H groups in total. The molecule has 0 saturated carbocycles. The fourth-order valence-corrected chi connectivity index (χ4v) is 3.53. The summed E-state index contributed by atoms with van der Waals surface area (Å²) in [4.78, 5) is 8.00. The zero-order valence-electron chi connectivity index (χ0n) is 16.7. The van der Waals surface area contributed by atoms with E-state index in [1.165, 1.54) is 10.6 Å². The van der Waals surface area contributed by atoms with E-state index in [9.17, 15) is 0 Å². The molecule has 144 valence electrons. The number of rotatable bonds is 4. The first-order valence-electron chi connectivity index (χ1n) is 9.34. The van der Waals surface area contributed by atoms with Gasteiger partial charge in [-0.15, -0.1) is 0 Å². The summed E-state index contributed by atoms with van der Waals surface area (Å²) in [5, 5.41) is 0.969. The van der Waals surface area contributed by atoms with Crippen molar-refractivity contribution in [1.29, 1.82) is 0 Å². The summed E-state index contributed by atoms with van der Waals surface area (Å²) in [6.07, 6.45) is 4.21. The van der Waals surface area contributed by atoms with Crippen LogP contribution < -0.4 is 15.4 Å². The van der Waals surface area contributed by atoms with Crippen molar-refractivity contribution in [2.75, 3.05) is 30.8 Å². The number of piperidine rings is 1. The molecule has 25 heavy (non-hydrogen) atoms. The Bertz CT molecular complexity index is 455. The van der Waals surface area contributed by atoms with E-state index in [0.717, 1.165) is 37.6 Å². The van der Waals surface area contributed by atoms with Crippen molar-refractivity contribution in [3.05, 3.63) is 24.3 Å². The molecule has 0 aromatic heterocycles. The number of nitrogens with zero attached hydrogens (tertiary/aromatic N) is 2. The molecule has 1 fully saturated rings. The van der Waals surface area contributed by atoms with Crippen molar-refractivity contribution in [1.82, 2.24) is 4.72 Å². The summed E-state index contributed by atoms with van der Waals surface area (Å²) in [6, 6.07) is 9.08. The van der Waals surface area contributed by atoms with E-state index in [2.05, 4.69) is 38.9 Å². The van der Waals surface area contributed by atoms with Crippen LogP contribution in [0.2, 0.25) is 0 Å². The topological polar surface area (TPSA) is 53.7 Å². The molecule has 2 rings (SSSR count). The lowest BCUT2D eigenvalue weighted by Gasteiger charge is -2.32. The number of amidine groups is 1. The Morgan fingerprint density at radius 3 is 2.20 bits per heavy atom. The van der Waals surface area contributed by atoms with E-state index in [4.69, 9.17) is 5.73 Å². The second-order valence-electron chi connectivity index (χ2n) is 5.01. The quantitative estimate of drug-likeness (QED) is 0.434. The predicted molar refractivity (Wildman–Crippen MR) is 119 cm³/mol. The van der Waals surface area contributed by atoms with Gasteiger partial charge in [-0.05, 0) is 62.2 Å². The van der Waals surface area contributed by atoms with Crippen LogP contribution in [0.3, 0.4) is 0 Å². The Labute approximate surface area is 163 Å². The van der Waals surface area contributed by atoms with Gasteiger partial charge in [-0.3, -0.25) is 4.99 Å². The number of thioether (sulfide) groups is 1. The van der Waals surface area contributed by atoms with Crippen molar-refractivity contribution in [3.63, 3.8) is 0 Å². The summed E-state index contributed by atoms with van der Waals surface area (Å²) in [7, 11) is 0. The van der Waals surface area contributed by atoms with Crippen LogP contribution in [-0.4, -0.2) is 37.1 Å². The van der Waals surface area contributed by atoms with Gasteiger partial charge in [0, 0.05) is 36.3 Å². The van der Waals surface area contributed by atoms with Crippen LogP contribution in [0.25, 0.3) is 0 Å². The molecular formula is C19H36N4S2. The summed E-state index contributed by atoms with van der Waals surface area (Å²) in [5.41, 5.74) is 7.24. The van der Waals surface area contributed by atoms with Gasteiger partial charge in [0.1, 0.15) is 0 Å². The minimum Gasteiger partial charge on any atom is -0.371 e. The highest BCUT2D eigenvalue weighted by Gasteiger charge is 2.16. The van der Waals surface area contributed by atoms with Gasteiger partial charge in [0.25, 0.3) is 0 Å². The molecule has 0 atom stereocenters. The molecule has 1 heterocycles. The maximum absolute atomic E-state index is 5.95. The van der Waals surface area contributed by atoms with E-state index in [1.807, 2.05) is 40.9 Å². The molecule has 0 unspecified atom stereocenters. The van der Waals surface area contributed by atoms with Crippen molar-refractivity contribution in [3.8, 4) is 0 Å². The third-order valence-corrected chi connectivity index (χ3v) is 5.04. The standard InChI is InChI=1S/C15H24N4S2.2C2H6/c1-3-17-15(20-2)18-21-14-6-4-13(5-7-14)19-10-8-12(16)9-11-19;2*1-2/h4-7,12H,3,8-11,16H2,1-2H3,(H,17,18);2*1-2H3. The van der Waals surface area contributed by atoms with Crippen LogP contribution in [0.4, 0.5) is 5.69 Å². The molecule has 1 aromatic rings. The Hall–Kier alpha value is -0.850. The van der Waals surface area contributed by atoms with Crippen LogP contribution in [0.15, 0.2) is 34.2 Å². The van der Waals surface area contributed by atoms with Crippen molar-refractivity contribution in [2.24, 2.45) is 10.7 Å². The lowest BCUT2D eigenvalue weighted by Crippen LogP contribution is -2.39. The Morgan fingerprint density at radius 2 is 1.72 bits per heavy atom. The maximum Gasteiger partial charge on any atom is 0.166 e. The number of hydrogen-bond acceptors (Lipinski definition) is 5. The van der Waals surface area contributed by atoms with Gasteiger partial charge in [0.05, 0.1) is 0 Å². The number of benzene rings is 1. The van der Waals surface area contributed by atoms with Gasteiger partial charge in [0.2, 0.25) is 0 Å². The van der Waals surface area contributed by atoms with Gasteiger partial charge in [-0.25, -0.2) is 0 Å². The van der Waals surface area contributed by atoms with Gasteiger partial charge in [-0.2, -0.15) is 0 Å². The minimum atomic E-state index is 0.378. The van der Waals surface area contributed by atoms with E-state index >= 15 is 0 Å². The summed E-state index contributed by atoms with van der Waals surface area (Å²) in [6.45, 7) is 13.0. The highest BCUT2D eigenvalue weighted by molar-refractivity contribution is 8.14. The van der Waals surface area contributed by atoms with E-state index in [-0.39, 0.29) is 0 Å². The van der Waals surface area contributed by atoms with Gasteiger partial charge in [0.15, 0.2) is 5.17 Å². The van der Waals surface area contributed by atoms with Crippen molar-refractivity contribution in [2.45, 2.75) is 58.4 Å². The zero-order chi connectivity index (χ0) is 19.1. The van der Waals surface area contributed by atoms with Crippen molar-refractivity contribution < 1.29 is 0 Å².